The summed E-state index contributed by atoms with van der Waals surface area (Å²) in [6, 6.07) is 5.26. The topological polar surface area (TPSA) is 38.0 Å². The highest BCUT2D eigenvalue weighted by Crippen LogP contribution is 2.25. The molecular formula is C16H25Cl2N3O+2. The smallest absolute Gasteiger partial charge is 0.275 e. The van der Waals surface area contributed by atoms with E-state index < -0.39 is 0 Å². The number of hydrogen-bond donors (Lipinski definition) is 3. The third-order valence-electron chi connectivity index (χ3n) is 4.38. The molecule has 1 saturated heterocycles. The molecule has 1 aliphatic rings. The number of quaternary nitrogens is 2. The summed E-state index contributed by atoms with van der Waals surface area (Å²) in [4.78, 5) is 15.2. The van der Waals surface area contributed by atoms with Crippen molar-refractivity contribution in [3.63, 3.8) is 0 Å². The molecule has 1 fully saturated rings. The molecule has 3 N–H and O–H groups in total. The van der Waals surface area contributed by atoms with Crippen molar-refractivity contribution in [2.45, 2.75) is 19.9 Å². The normalized spacial score (nSPS) is 23.1. The maximum Gasteiger partial charge on any atom is 0.275 e. The Balaban J connectivity index is 1.84. The molecule has 1 amide bonds. The first kappa shape index (κ1) is 17.5. The molecule has 2 rings (SSSR count). The van der Waals surface area contributed by atoms with Gasteiger partial charge in [-0.3, -0.25) is 4.79 Å². The van der Waals surface area contributed by atoms with Crippen LogP contribution in [0.4, 0.5) is 0 Å². The van der Waals surface area contributed by atoms with E-state index in [0.29, 0.717) is 16.6 Å². The van der Waals surface area contributed by atoms with Crippen LogP contribution in [-0.2, 0) is 4.79 Å². The maximum absolute atomic E-state index is 12.2. The van der Waals surface area contributed by atoms with Crippen LogP contribution in [0.3, 0.4) is 0 Å². The number of carbonyl (C=O) groups excluding carboxylic acids is 1. The van der Waals surface area contributed by atoms with Crippen LogP contribution in [0, 0.1) is 0 Å². The highest BCUT2D eigenvalue weighted by Gasteiger charge is 2.24. The molecular weight excluding hydrogens is 321 g/mol. The Labute approximate surface area is 142 Å². The maximum atomic E-state index is 12.2. The standard InChI is InChI=1S/C16H23Cl2N3O/c1-3-20-6-8-21(9-7-20)11-16(22)19-12(2)14-5-4-13(17)10-15(14)18/h4-5,10,12H,3,6-9,11H2,1-2H3,(H,19,22)/p+2/t12-/m1/s1. The molecule has 0 spiro atoms. The minimum atomic E-state index is -0.112. The van der Waals surface area contributed by atoms with Crippen LogP contribution in [0.25, 0.3) is 0 Å². The van der Waals surface area contributed by atoms with E-state index in [9.17, 15) is 4.79 Å². The Hall–Kier alpha value is -0.810. The number of nitrogens with one attached hydrogen (secondary N) is 3. The minimum Gasteiger partial charge on any atom is -0.345 e. The van der Waals surface area contributed by atoms with Crippen molar-refractivity contribution in [3.8, 4) is 0 Å². The van der Waals surface area contributed by atoms with Crippen molar-refractivity contribution in [1.82, 2.24) is 5.32 Å². The Morgan fingerprint density at radius 2 is 1.86 bits per heavy atom. The van der Waals surface area contributed by atoms with Crippen molar-refractivity contribution in [3.05, 3.63) is 33.8 Å². The first-order chi connectivity index (χ1) is 10.5. The van der Waals surface area contributed by atoms with Crippen LogP contribution >= 0.6 is 23.2 Å². The average molecular weight is 346 g/mol. The molecule has 0 bridgehead atoms. The van der Waals surface area contributed by atoms with Crippen molar-refractivity contribution in [1.29, 1.82) is 0 Å². The number of hydrogen-bond acceptors (Lipinski definition) is 1. The van der Waals surface area contributed by atoms with E-state index in [0.717, 1.165) is 31.7 Å². The van der Waals surface area contributed by atoms with E-state index in [-0.39, 0.29) is 11.9 Å². The third-order valence-corrected chi connectivity index (χ3v) is 4.94. The molecule has 1 heterocycles. The highest BCUT2D eigenvalue weighted by molar-refractivity contribution is 6.35. The molecule has 1 aromatic rings. The van der Waals surface area contributed by atoms with Crippen LogP contribution in [0.5, 0.6) is 0 Å². The van der Waals surface area contributed by atoms with E-state index in [2.05, 4.69) is 12.2 Å². The van der Waals surface area contributed by atoms with E-state index in [1.54, 1.807) is 17.0 Å². The number of benzene rings is 1. The highest BCUT2D eigenvalue weighted by atomic mass is 35.5. The van der Waals surface area contributed by atoms with Gasteiger partial charge in [0.25, 0.3) is 5.91 Å². The van der Waals surface area contributed by atoms with Crippen LogP contribution in [0.1, 0.15) is 25.5 Å². The van der Waals surface area contributed by atoms with Crippen molar-refractivity contribution < 1.29 is 14.6 Å². The molecule has 0 unspecified atom stereocenters. The zero-order valence-corrected chi connectivity index (χ0v) is 14.7. The number of piperazine rings is 1. The summed E-state index contributed by atoms with van der Waals surface area (Å²) in [5, 5.41) is 4.23. The second-order valence-corrected chi connectivity index (χ2v) is 6.83. The van der Waals surface area contributed by atoms with Gasteiger partial charge in [-0.2, -0.15) is 0 Å². The van der Waals surface area contributed by atoms with Gasteiger partial charge < -0.3 is 15.1 Å². The molecule has 0 aromatic heterocycles. The molecule has 0 saturated carbocycles. The average Bonchev–Trinajstić information content (AvgIpc) is 2.47. The molecule has 22 heavy (non-hydrogen) atoms. The fourth-order valence-corrected chi connectivity index (χ4v) is 3.51. The zero-order valence-electron chi connectivity index (χ0n) is 13.2. The van der Waals surface area contributed by atoms with Crippen LogP contribution in [0.2, 0.25) is 10.0 Å². The van der Waals surface area contributed by atoms with E-state index in [1.807, 2.05) is 13.0 Å². The fourth-order valence-electron chi connectivity index (χ4n) is 2.94. The van der Waals surface area contributed by atoms with Gasteiger partial charge in [-0.05, 0) is 31.5 Å². The summed E-state index contributed by atoms with van der Waals surface area (Å²) in [6.45, 7) is 10.3. The minimum absolute atomic E-state index is 0.0773. The lowest BCUT2D eigenvalue weighted by Gasteiger charge is -2.28. The molecule has 0 radical (unpaired) electrons. The Morgan fingerprint density at radius 3 is 2.45 bits per heavy atom. The summed E-state index contributed by atoms with van der Waals surface area (Å²) in [7, 11) is 0. The Morgan fingerprint density at radius 1 is 1.23 bits per heavy atom. The zero-order chi connectivity index (χ0) is 16.1. The van der Waals surface area contributed by atoms with Gasteiger partial charge in [0.2, 0.25) is 0 Å². The number of likely N-dealkylation sites (N-methyl/N-ethyl adjacent to an activating group) is 1. The third kappa shape index (κ3) is 4.85. The predicted molar refractivity (Wildman–Crippen MR) is 89.8 cm³/mol. The Bertz CT molecular complexity index is 516. The van der Waals surface area contributed by atoms with Gasteiger partial charge in [-0.1, -0.05) is 29.3 Å². The molecule has 0 aliphatic carbocycles. The second-order valence-electron chi connectivity index (χ2n) is 5.99. The molecule has 1 atom stereocenters. The van der Waals surface area contributed by atoms with Gasteiger partial charge >= 0.3 is 0 Å². The van der Waals surface area contributed by atoms with E-state index in [1.165, 1.54) is 11.4 Å². The van der Waals surface area contributed by atoms with Gasteiger partial charge in [0.05, 0.1) is 12.6 Å². The number of carbonyl (C=O) groups is 1. The first-order valence-corrected chi connectivity index (χ1v) is 8.66. The molecule has 4 nitrogen and oxygen atoms in total. The van der Waals surface area contributed by atoms with Gasteiger partial charge in [0.15, 0.2) is 6.54 Å². The van der Waals surface area contributed by atoms with Crippen molar-refractivity contribution in [2.24, 2.45) is 0 Å². The van der Waals surface area contributed by atoms with E-state index in [4.69, 9.17) is 23.2 Å². The number of rotatable bonds is 5. The van der Waals surface area contributed by atoms with Gasteiger partial charge in [0, 0.05) is 10.0 Å². The summed E-state index contributed by atoms with van der Waals surface area (Å²) in [5.41, 5.74) is 0.898. The lowest BCUT2D eigenvalue weighted by Crippen LogP contribution is -3.28. The number of halogens is 2. The fraction of sp³-hybridized carbons (Fsp3) is 0.562. The lowest BCUT2D eigenvalue weighted by molar-refractivity contribution is -1.01. The summed E-state index contributed by atoms with van der Waals surface area (Å²) < 4.78 is 0. The monoisotopic (exact) mass is 345 g/mol. The van der Waals surface area contributed by atoms with E-state index >= 15 is 0 Å². The SMILES string of the molecule is CC[NH+]1CC[NH+](CC(=O)N[C@H](C)c2ccc(Cl)cc2Cl)CC1. The predicted octanol–water partition coefficient (Wildman–Crippen LogP) is -0.0261. The summed E-state index contributed by atoms with van der Waals surface area (Å²) >= 11 is 12.1. The van der Waals surface area contributed by atoms with Gasteiger partial charge in [-0.25, -0.2) is 0 Å². The van der Waals surface area contributed by atoms with Crippen molar-refractivity contribution in [2.75, 3.05) is 39.3 Å². The Kier molecular flexibility index (Phi) is 6.50. The van der Waals surface area contributed by atoms with Crippen LogP contribution < -0.4 is 15.1 Å². The second kappa shape index (κ2) is 8.16. The van der Waals surface area contributed by atoms with Gasteiger partial charge in [0.1, 0.15) is 26.2 Å². The lowest BCUT2D eigenvalue weighted by atomic mass is 10.1. The number of amides is 1. The molecule has 122 valence electrons. The summed E-state index contributed by atoms with van der Waals surface area (Å²) in [5.74, 6) is 0.0773. The van der Waals surface area contributed by atoms with Crippen LogP contribution in [0.15, 0.2) is 18.2 Å². The molecule has 1 aromatic carbocycles. The molecule has 1 aliphatic heterocycles. The first-order valence-electron chi connectivity index (χ1n) is 7.91. The quantitative estimate of drug-likeness (QED) is 0.689. The molecule has 6 heteroatoms. The van der Waals surface area contributed by atoms with Crippen molar-refractivity contribution >= 4 is 29.1 Å². The van der Waals surface area contributed by atoms with Gasteiger partial charge in [-0.15, -0.1) is 0 Å². The summed E-state index contributed by atoms with van der Waals surface area (Å²) in [6.07, 6.45) is 0. The largest absolute Gasteiger partial charge is 0.345 e. The van der Waals surface area contributed by atoms with Crippen LogP contribution in [-0.4, -0.2) is 45.2 Å².